The predicted molar refractivity (Wildman–Crippen MR) is 89.7 cm³/mol. The average molecular weight is 329 g/mol. The van der Waals surface area contributed by atoms with Crippen LogP contribution in [0.3, 0.4) is 0 Å². The van der Waals surface area contributed by atoms with E-state index in [1.165, 1.54) is 0 Å². The Morgan fingerprint density at radius 3 is 2.79 bits per heavy atom. The van der Waals surface area contributed by atoms with Gasteiger partial charge in [-0.15, -0.1) is 0 Å². The first-order chi connectivity index (χ1) is 11.5. The number of hydrogen-bond acceptors (Lipinski definition) is 4. The number of morpholine rings is 1. The fourth-order valence-corrected chi connectivity index (χ4v) is 3.07. The molecule has 2 atom stereocenters. The number of aromatic carboxylic acids is 1. The standard InChI is InChI=1S/C18H23N3O3/c1-12(2)15-10-21(9-14-8-19-20-17(14)18(22)23)11-16(24-15)13-6-4-3-5-7-13/h3-8,12,15-16H,9-11H2,1-2H3,(H,19,20)(H,22,23)/t15-,16+/m1/s1. The summed E-state index contributed by atoms with van der Waals surface area (Å²) in [6.07, 6.45) is 1.71. The third kappa shape index (κ3) is 3.66. The fraction of sp³-hybridized carbons (Fsp3) is 0.444. The highest BCUT2D eigenvalue weighted by Gasteiger charge is 2.31. The van der Waals surface area contributed by atoms with Gasteiger partial charge < -0.3 is 9.84 Å². The molecule has 1 aromatic carbocycles. The van der Waals surface area contributed by atoms with Crippen LogP contribution >= 0.6 is 0 Å². The van der Waals surface area contributed by atoms with E-state index in [4.69, 9.17) is 4.74 Å². The molecule has 1 saturated heterocycles. The molecule has 0 amide bonds. The number of aromatic nitrogens is 2. The molecule has 128 valence electrons. The minimum absolute atomic E-state index is 0.00692. The van der Waals surface area contributed by atoms with E-state index in [9.17, 15) is 9.90 Å². The SMILES string of the molecule is CC(C)[C@H]1CN(Cc2cn[nH]c2C(=O)O)C[C@@H](c2ccccc2)O1. The highest BCUT2D eigenvalue weighted by molar-refractivity contribution is 5.86. The summed E-state index contributed by atoms with van der Waals surface area (Å²) >= 11 is 0. The highest BCUT2D eigenvalue weighted by atomic mass is 16.5. The van der Waals surface area contributed by atoms with Crippen molar-refractivity contribution in [1.82, 2.24) is 15.1 Å². The topological polar surface area (TPSA) is 78.5 Å². The summed E-state index contributed by atoms with van der Waals surface area (Å²) in [5.74, 6) is -0.585. The van der Waals surface area contributed by atoms with Gasteiger partial charge in [0.2, 0.25) is 0 Å². The van der Waals surface area contributed by atoms with Gasteiger partial charge >= 0.3 is 5.97 Å². The Labute approximate surface area is 141 Å². The van der Waals surface area contributed by atoms with Crippen molar-refractivity contribution in [2.24, 2.45) is 5.92 Å². The summed E-state index contributed by atoms with van der Waals surface area (Å²) in [4.78, 5) is 13.5. The van der Waals surface area contributed by atoms with E-state index in [1.54, 1.807) is 6.20 Å². The van der Waals surface area contributed by atoms with E-state index in [0.717, 1.165) is 18.7 Å². The highest BCUT2D eigenvalue weighted by Crippen LogP contribution is 2.29. The molecule has 0 aliphatic carbocycles. The van der Waals surface area contributed by atoms with Gasteiger partial charge in [-0.25, -0.2) is 4.79 Å². The summed E-state index contributed by atoms with van der Waals surface area (Å²) in [6.45, 7) is 6.37. The van der Waals surface area contributed by atoms with Crippen LogP contribution in [0, 0.1) is 5.92 Å². The van der Waals surface area contributed by atoms with E-state index in [-0.39, 0.29) is 17.9 Å². The maximum Gasteiger partial charge on any atom is 0.354 e. The van der Waals surface area contributed by atoms with Crippen LogP contribution in [0.4, 0.5) is 0 Å². The first kappa shape index (κ1) is 16.7. The molecule has 2 heterocycles. The molecule has 1 aromatic heterocycles. The summed E-state index contributed by atoms with van der Waals surface area (Å²) in [5.41, 5.74) is 2.02. The second kappa shape index (κ2) is 7.15. The van der Waals surface area contributed by atoms with E-state index in [0.29, 0.717) is 18.0 Å². The van der Waals surface area contributed by atoms with Crippen LogP contribution in [-0.4, -0.2) is 45.4 Å². The van der Waals surface area contributed by atoms with Crippen molar-refractivity contribution >= 4 is 5.97 Å². The Morgan fingerprint density at radius 1 is 1.38 bits per heavy atom. The van der Waals surface area contributed by atoms with E-state index >= 15 is 0 Å². The van der Waals surface area contributed by atoms with E-state index < -0.39 is 5.97 Å². The number of carbonyl (C=O) groups is 1. The zero-order valence-corrected chi connectivity index (χ0v) is 14.0. The van der Waals surface area contributed by atoms with Crippen molar-refractivity contribution in [3.8, 4) is 0 Å². The van der Waals surface area contributed by atoms with Crippen molar-refractivity contribution in [2.75, 3.05) is 13.1 Å². The van der Waals surface area contributed by atoms with Gasteiger partial charge in [-0.2, -0.15) is 5.10 Å². The number of rotatable bonds is 5. The smallest absolute Gasteiger partial charge is 0.354 e. The van der Waals surface area contributed by atoms with E-state index in [2.05, 4.69) is 41.1 Å². The minimum atomic E-state index is -0.976. The third-order valence-electron chi connectivity index (χ3n) is 4.44. The van der Waals surface area contributed by atoms with Gasteiger partial charge in [0, 0.05) is 25.2 Å². The van der Waals surface area contributed by atoms with Gasteiger partial charge in [-0.3, -0.25) is 10.00 Å². The van der Waals surface area contributed by atoms with Crippen LogP contribution < -0.4 is 0 Å². The maximum atomic E-state index is 11.3. The Kier molecular flexibility index (Phi) is 4.97. The van der Waals surface area contributed by atoms with Crippen LogP contribution in [0.5, 0.6) is 0 Å². The Balaban J connectivity index is 1.79. The monoisotopic (exact) mass is 329 g/mol. The first-order valence-corrected chi connectivity index (χ1v) is 8.23. The van der Waals surface area contributed by atoms with Crippen molar-refractivity contribution < 1.29 is 14.6 Å². The number of nitrogens with one attached hydrogen (secondary N) is 1. The van der Waals surface area contributed by atoms with Crippen LogP contribution in [0.15, 0.2) is 36.5 Å². The molecule has 1 aliphatic heterocycles. The number of aromatic amines is 1. The zero-order valence-electron chi connectivity index (χ0n) is 14.0. The molecule has 0 bridgehead atoms. The van der Waals surface area contributed by atoms with Gasteiger partial charge in [-0.1, -0.05) is 44.2 Å². The number of ether oxygens (including phenoxy) is 1. The molecule has 0 saturated carbocycles. The van der Waals surface area contributed by atoms with Gasteiger partial charge in [0.15, 0.2) is 0 Å². The molecule has 3 rings (SSSR count). The van der Waals surface area contributed by atoms with Gasteiger partial charge in [0.1, 0.15) is 5.69 Å². The molecule has 1 aliphatic rings. The van der Waals surface area contributed by atoms with Crippen molar-refractivity contribution in [3.63, 3.8) is 0 Å². The number of carboxylic acid groups (broad SMARTS) is 1. The maximum absolute atomic E-state index is 11.3. The lowest BCUT2D eigenvalue weighted by atomic mass is 10.0. The lowest BCUT2D eigenvalue weighted by Gasteiger charge is -2.40. The molecular formula is C18H23N3O3. The quantitative estimate of drug-likeness (QED) is 0.882. The Bertz CT molecular complexity index is 684. The van der Waals surface area contributed by atoms with Crippen molar-refractivity contribution in [2.45, 2.75) is 32.6 Å². The second-order valence-corrected chi connectivity index (χ2v) is 6.59. The summed E-state index contributed by atoms with van der Waals surface area (Å²) in [5, 5.41) is 15.7. The average Bonchev–Trinajstić information content (AvgIpc) is 3.03. The molecule has 0 unspecified atom stereocenters. The van der Waals surface area contributed by atoms with Gasteiger partial charge in [0.25, 0.3) is 0 Å². The van der Waals surface area contributed by atoms with E-state index in [1.807, 2.05) is 18.2 Å². The third-order valence-corrected chi connectivity index (χ3v) is 4.44. The van der Waals surface area contributed by atoms with Gasteiger partial charge in [0.05, 0.1) is 18.4 Å². The first-order valence-electron chi connectivity index (χ1n) is 8.23. The van der Waals surface area contributed by atoms with Crippen molar-refractivity contribution in [1.29, 1.82) is 0 Å². The fourth-order valence-electron chi connectivity index (χ4n) is 3.07. The summed E-state index contributed by atoms with van der Waals surface area (Å²) < 4.78 is 6.28. The second-order valence-electron chi connectivity index (χ2n) is 6.59. The zero-order chi connectivity index (χ0) is 17.1. The molecule has 1 fully saturated rings. The van der Waals surface area contributed by atoms with Gasteiger partial charge in [-0.05, 0) is 11.5 Å². The molecular weight excluding hydrogens is 306 g/mol. The summed E-state index contributed by atoms with van der Waals surface area (Å²) in [6, 6.07) is 10.2. The number of hydrogen-bond donors (Lipinski definition) is 2. The number of carboxylic acids is 1. The normalized spacial score (nSPS) is 22.0. The lowest BCUT2D eigenvalue weighted by Crippen LogP contribution is -2.45. The molecule has 0 spiro atoms. The Morgan fingerprint density at radius 2 is 2.12 bits per heavy atom. The van der Waals surface area contributed by atoms with Crippen LogP contribution in [0.2, 0.25) is 0 Å². The molecule has 2 aromatic rings. The largest absolute Gasteiger partial charge is 0.477 e. The number of nitrogens with zero attached hydrogens (tertiary/aromatic N) is 2. The van der Waals surface area contributed by atoms with Crippen molar-refractivity contribution in [3.05, 3.63) is 53.3 Å². The predicted octanol–water partition coefficient (Wildman–Crippen LogP) is 2.71. The lowest BCUT2D eigenvalue weighted by molar-refractivity contribution is -0.107. The summed E-state index contributed by atoms with van der Waals surface area (Å²) in [7, 11) is 0. The molecule has 0 radical (unpaired) electrons. The molecule has 6 nitrogen and oxygen atoms in total. The molecule has 2 N–H and O–H groups in total. The number of benzene rings is 1. The molecule has 6 heteroatoms. The minimum Gasteiger partial charge on any atom is -0.477 e. The van der Waals surface area contributed by atoms with Crippen LogP contribution in [-0.2, 0) is 11.3 Å². The molecule has 24 heavy (non-hydrogen) atoms. The van der Waals surface area contributed by atoms with Crippen LogP contribution in [0.25, 0.3) is 0 Å². The number of H-pyrrole nitrogens is 1. The van der Waals surface area contributed by atoms with Crippen LogP contribution in [0.1, 0.15) is 41.6 Å². The Hall–Kier alpha value is -2.18.